The second-order valence-electron chi connectivity index (χ2n) is 10.5. The molecule has 2 aliphatic rings. The average Bonchev–Trinajstić information content (AvgIpc) is 4.01. The van der Waals surface area contributed by atoms with Crippen LogP contribution in [0.15, 0.2) is 107 Å². The minimum absolute atomic E-state index is 0.281. The first-order valence-electron chi connectivity index (χ1n) is 14.9. The third-order valence-corrected chi connectivity index (χ3v) is 6.96. The molecular formula is C36H36N2O6. The number of nitrogens with zero attached hydrogens (tertiary/aromatic N) is 2. The number of hydrogen-bond donors (Lipinski definition) is 0. The molecule has 0 radical (unpaired) electrons. The topological polar surface area (TPSA) is 86.7 Å². The van der Waals surface area contributed by atoms with Crippen molar-refractivity contribution in [3.05, 3.63) is 108 Å². The minimum atomic E-state index is 0.281. The first kappa shape index (κ1) is 29.7. The average molecular weight is 593 g/mol. The third kappa shape index (κ3) is 9.86. The molecule has 4 aromatic rings. The van der Waals surface area contributed by atoms with Crippen LogP contribution < -0.4 is 9.47 Å². The molecule has 0 saturated carbocycles. The fourth-order valence-electron chi connectivity index (χ4n) is 4.27. The van der Waals surface area contributed by atoms with E-state index in [1.165, 1.54) is 0 Å². The zero-order valence-corrected chi connectivity index (χ0v) is 24.5. The molecular weight excluding hydrogens is 556 g/mol. The van der Waals surface area contributed by atoms with Crippen molar-refractivity contribution < 1.29 is 28.4 Å². The molecule has 2 heterocycles. The monoisotopic (exact) mass is 592 g/mol. The second-order valence-corrected chi connectivity index (χ2v) is 10.5. The Kier molecular flexibility index (Phi) is 10.4. The molecule has 8 nitrogen and oxygen atoms in total. The Morgan fingerprint density at radius 1 is 0.523 bits per heavy atom. The van der Waals surface area contributed by atoms with Gasteiger partial charge in [-0.3, -0.25) is 9.98 Å². The Morgan fingerprint density at radius 2 is 0.909 bits per heavy atom. The molecule has 2 fully saturated rings. The van der Waals surface area contributed by atoms with Gasteiger partial charge in [0.05, 0.1) is 51.0 Å². The lowest BCUT2D eigenvalue weighted by atomic mass is 10.1. The SMILES string of the molecule is C(=Nc1ccc(-c2ccc(N=Cc3ccc(OCCOCC4CO4)cc3)cc2)cc1)c1ccc(OCCOCC2CO2)cc1. The summed E-state index contributed by atoms with van der Waals surface area (Å²) in [7, 11) is 0. The van der Waals surface area contributed by atoms with Crippen LogP contribution in [-0.2, 0) is 18.9 Å². The first-order chi connectivity index (χ1) is 21.8. The van der Waals surface area contributed by atoms with Gasteiger partial charge in [-0.15, -0.1) is 0 Å². The summed E-state index contributed by atoms with van der Waals surface area (Å²) >= 11 is 0. The maximum absolute atomic E-state index is 5.72. The van der Waals surface area contributed by atoms with Crippen molar-refractivity contribution in [3.63, 3.8) is 0 Å². The van der Waals surface area contributed by atoms with Gasteiger partial charge >= 0.3 is 0 Å². The molecule has 6 rings (SSSR count). The maximum Gasteiger partial charge on any atom is 0.119 e. The molecule has 0 aromatic heterocycles. The van der Waals surface area contributed by atoms with Crippen molar-refractivity contribution in [2.75, 3.05) is 52.9 Å². The lowest BCUT2D eigenvalue weighted by Crippen LogP contribution is -2.10. The van der Waals surface area contributed by atoms with E-state index in [0.717, 1.165) is 58.3 Å². The minimum Gasteiger partial charge on any atom is -0.491 e. The molecule has 0 spiro atoms. The van der Waals surface area contributed by atoms with Crippen LogP contribution in [0.5, 0.6) is 11.5 Å². The van der Waals surface area contributed by atoms with E-state index in [1.807, 2.05) is 85.2 Å². The van der Waals surface area contributed by atoms with Gasteiger partial charge in [-0.2, -0.15) is 0 Å². The van der Waals surface area contributed by atoms with Crippen LogP contribution in [0.4, 0.5) is 11.4 Å². The van der Waals surface area contributed by atoms with Crippen molar-refractivity contribution in [2.45, 2.75) is 12.2 Å². The van der Waals surface area contributed by atoms with Crippen LogP contribution in [0.3, 0.4) is 0 Å². The standard InChI is InChI=1S/C36H36N2O6/c1-13-33(41-19-17-39-23-35-25-43-35)14-2-27(1)21-37-31-9-5-29(6-10-31)30-7-11-32(12-8-30)38-22-28-3-15-34(16-4-28)42-20-18-40-24-36-26-44-36/h1-16,21-22,35-36H,17-20,23-26H2. The highest BCUT2D eigenvalue weighted by Gasteiger charge is 2.22. The third-order valence-electron chi connectivity index (χ3n) is 6.96. The van der Waals surface area contributed by atoms with Gasteiger partial charge in [-0.05, 0) is 95.1 Å². The van der Waals surface area contributed by atoms with Gasteiger partial charge in [0, 0.05) is 12.4 Å². The molecule has 2 aliphatic heterocycles. The Morgan fingerprint density at radius 3 is 1.27 bits per heavy atom. The number of rotatable bonds is 17. The van der Waals surface area contributed by atoms with Crippen LogP contribution in [0.25, 0.3) is 11.1 Å². The van der Waals surface area contributed by atoms with E-state index in [-0.39, 0.29) is 12.2 Å². The molecule has 2 unspecified atom stereocenters. The van der Waals surface area contributed by atoms with Crippen molar-refractivity contribution in [3.8, 4) is 22.6 Å². The van der Waals surface area contributed by atoms with Crippen molar-refractivity contribution in [2.24, 2.45) is 9.98 Å². The molecule has 4 aromatic carbocycles. The zero-order chi connectivity index (χ0) is 29.8. The number of benzene rings is 4. The molecule has 0 aliphatic carbocycles. The van der Waals surface area contributed by atoms with Gasteiger partial charge in [-0.25, -0.2) is 0 Å². The second kappa shape index (κ2) is 15.4. The number of hydrogen-bond acceptors (Lipinski definition) is 8. The van der Waals surface area contributed by atoms with E-state index in [4.69, 9.17) is 28.4 Å². The van der Waals surface area contributed by atoms with Crippen LogP contribution in [0, 0.1) is 0 Å². The molecule has 0 bridgehead atoms. The summed E-state index contributed by atoms with van der Waals surface area (Å²) in [6.45, 7) is 5.04. The molecule has 226 valence electrons. The molecule has 2 saturated heterocycles. The summed E-state index contributed by atoms with van der Waals surface area (Å²) in [5.41, 5.74) is 6.03. The van der Waals surface area contributed by atoms with Gasteiger partial charge in [0.1, 0.15) is 36.9 Å². The highest BCUT2D eigenvalue weighted by Crippen LogP contribution is 2.25. The molecule has 0 N–H and O–H groups in total. The van der Waals surface area contributed by atoms with E-state index in [1.54, 1.807) is 0 Å². The van der Waals surface area contributed by atoms with E-state index >= 15 is 0 Å². The van der Waals surface area contributed by atoms with Crippen LogP contribution in [0.1, 0.15) is 11.1 Å². The zero-order valence-electron chi connectivity index (χ0n) is 24.5. The summed E-state index contributed by atoms with van der Waals surface area (Å²) in [5, 5.41) is 0. The molecule has 0 amide bonds. The Balaban J connectivity index is 0.931. The quantitative estimate of drug-likeness (QED) is 0.0797. The number of ether oxygens (including phenoxy) is 6. The van der Waals surface area contributed by atoms with E-state index in [0.29, 0.717) is 39.6 Å². The van der Waals surface area contributed by atoms with Crippen molar-refractivity contribution in [1.29, 1.82) is 0 Å². The Bertz CT molecular complexity index is 1380. The molecule has 8 heteroatoms. The summed E-state index contributed by atoms with van der Waals surface area (Å²) in [6, 6.07) is 32.1. The van der Waals surface area contributed by atoms with Crippen LogP contribution in [-0.4, -0.2) is 77.5 Å². The van der Waals surface area contributed by atoms with Gasteiger partial charge in [0.2, 0.25) is 0 Å². The van der Waals surface area contributed by atoms with E-state index in [2.05, 4.69) is 34.3 Å². The fraction of sp³-hybridized carbons (Fsp3) is 0.278. The van der Waals surface area contributed by atoms with Gasteiger partial charge in [-0.1, -0.05) is 24.3 Å². The van der Waals surface area contributed by atoms with Crippen molar-refractivity contribution >= 4 is 23.8 Å². The molecule has 44 heavy (non-hydrogen) atoms. The van der Waals surface area contributed by atoms with Gasteiger partial charge in [0.25, 0.3) is 0 Å². The predicted molar refractivity (Wildman–Crippen MR) is 171 cm³/mol. The van der Waals surface area contributed by atoms with E-state index < -0.39 is 0 Å². The highest BCUT2D eigenvalue weighted by atomic mass is 16.6. The highest BCUT2D eigenvalue weighted by molar-refractivity contribution is 5.83. The predicted octanol–water partition coefficient (Wildman–Crippen LogP) is 6.44. The molecule has 2 atom stereocenters. The fourth-order valence-corrected chi connectivity index (χ4v) is 4.27. The summed E-state index contributed by atoms with van der Waals surface area (Å²) < 4.78 is 32.7. The summed E-state index contributed by atoms with van der Waals surface area (Å²) in [6.07, 6.45) is 4.27. The first-order valence-corrected chi connectivity index (χ1v) is 14.9. The van der Waals surface area contributed by atoms with Gasteiger partial charge in [0.15, 0.2) is 0 Å². The maximum atomic E-state index is 5.72. The van der Waals surface area contributed by atoms with Gasteiger partial charge < -0.3 is 28.4 Å². The van der Waals surface area contributed by atoms with Crippen LogP contribution in [0.2, 0.25) is 0 Å². The van der Waals surface area contributed by atoms with Crippen molar-refractivity contribution in [1.82, 2.24) is 0 Å². The Hall–Kier alpha value is -4.34. The van der Waals surface area contributed by atoms with Crippen LogP contribution >= 0.6 is 0 Å². The lowest BCUT2D eigenvalue weighted by Gasteiger charge is -2.06. The smallest absolute Gasteiger partial charge is 0.119 e. The largest absolute Gasteiger partial charge is 0.491 e. The Labute approximate surface area is 257 Å². The lowest BCUT2D eigenvalue weighted by molar-refractivity contribution is 0.0878. The summed E-state index contributed by atoms with van der Waals surface area (Å²) in [5.74, 6) is 1.62. The number of epoxide rings is 2. The normalized spacial score (nSPS) is 17.3. The summed E-state index contributed by atoms with van der Waals surface area (Å²) in [4.78, 5) is 9.24. The number of aliphatic imine (C=N–C) groups is 2. The van der Waals surface area contributed by atoms with E-state index in [9.17, 15) is 0 Å².